The monoisotopic (exact) mass is 334 g/mol. The van der Waals surface area contributed by atoms with E-state index < -0.39 is 0 Å². The number of aliphatic imine (C=N–C) groups is 1. The number of nitrogens with one attached hydrogen (secondary N) is 1. The number of aromatic nitrogens is 2. The van der Waals surface area contributed by atoms with Crippen molar-refractivity contribution in [2.75, 3.05) is 11.9 Å². The van der Waals surface area contributed by atoms with Crippen LogP contribution < -0.4 is 10.1 Å². The molecule has 0 spiro atoms. The molecule has 3 aromatic rings. The quantitative estimate of drug-likeness (QED) is 0.610. The van der Waals surface area contributed by atoms with Gasteiger partial charge in [0, 0.05) is 18.3 Å². The van der Waals surface area contributed by atoms with Crippen LogP contribution in [0.15, 0.2) is 59.9 Å². The molecule has 4 rings (SSSR count). The Balaban J connectivity index is 1.56. The lowest BCUT2D eigenvalue weighted by Crippen LogP contribution is -2.07. The highest BCUT2D eigenvalue weighted by Gasteiger charge is 2.17. The second-order valence-corrected chi connectivity index (χ2v) is 5.58. The molecule has 0 saturated heterocycles. The van der Waals surface area contributed by atoms with Gasteiger partial charge in [-0.15, -0.1) is 0 Å². The minimum Gasteiger partial charge on any atom is -0.436 e. The Kier molecular flexibility index (Phi) is 4.08. The summed E-state index contributed by atoms with van der Waals surface area (Å²) in [5.41, 5.74) is 2.30. The number of nitrogens with zero attached hydrogens (tertiary/aromatic N) is 3. The molecule has 1 aliphatic rings. The predicted molar refractivity (Wildman–Crippen MR) is 94.4 cm³/mol. The SMILES string of the molecule is Fc1ccc2c(c1)C=Nc1c(NCCc3ccccc3)ncnc1O2. The summed E-state index contributed by atoms with van der Waals surface area (Å²) >= 11 is 0. The maximum absolute atomic E-state index is 13.4. The molecule has 0 saturated carbocycles. The summed E-state index contributed by atoms with van der Waals surface area (Å²) in [5, 5.41) is 3.27. The van der Waals surface area contributed by atoms with Crippen molar-refractivity contribution in [1.29, 1.82) is 0 Å². The van der Waals surface area contributed by atoms with Gasteiger partial charge in [0.2, 0.25) is 0 Å². The normalized spacial score (nSPS) is 11.9. The lowest BCUT2D eigenvalue weighted by atomic mass is 10.1. The van der Waals surface area contributed by atoms with E-state index in [-0.39, 0.29) is 5.82 Å². The van der Waals surface area contributed by atoms with Crippen LogP contribution in [0, 0.1) is 5.82 Å². The fourth-order valence-corrected chi connectivity index (χ4v) is 2.60. The van der Waals surface area contributed by atoms with Crippen molar-refractivity contribution in [2.24, 2.45) is 4.99 Å². The van der Waals surface area contributed by atoms with Gasteiger partial charge in [0.15, 0.2) is 11.5 Å². The van der Waals surface area contributed by atoms with Gasteiger partial charge >= 0.3 is 0 Å². The van der Waals surface area contributed by atoms with E-state index in [1.165, 1.54) is 24.0 Å². The maximum Gasteiger partial charge on any atom is 0.250 e. The zero-order valence-corrected chi connectivity index (χ0v) is 13.3. The molecule has 1 aliphatic heterocycles. The van der Waals surface area contributed by atoms with E-state index >= 15 is 0 Å². The molecule has 0 amide bonds. The van der Waals surface area contributed by atoms with Crippen molar-refractivity contribution < 1.29 is 9.13 Å². The molecule has 0 atom stereocenters. The van der Waals surface area contributed by atoms with Gasteiger partial charge < -0.3 is 10.1 Å². The Morgan fingerprint density at radius 2 is 1.92 bits per heavy atom. The Bertz CT molecular complexity index is 928. The van der Waals surface area contributed by atoms with Crippen LogP contribution >= 0.6 is 0 Å². The molecule has 0 unspecified atom stereocenters. The Labute approximate surface area is 144 Å². The lowest BCUT2D eigenvalue weighted by molar-refractivity contribution is 0.462. The largest absolute Gasteiger partial charge is 0.436 e. The van der Waals surface area contributed by atoms with Crippen LogP contribution in [0.25, 0.3) is 0 Å². The van der Waals surface area contributed by atoms with Crippen LogP contribution in [-0.4, -0.2) is 22.7 Å². The topological polar surface area (TPSA) is 59.4 Å². The number of fused-ring (bicyclic) bond motifs is 2. The van der Waals surface area contributed by atoms with E-state index in [4.69, 9.17) is 4.74 Å². The number of anilines is 1. The van der Waals surface area contributed by atoms with Crippen LogP contribution in [0.3, 0.4) is 0 Å². The van der Waals surface area contributed by atoms with E-state index in [9.17, 15) is 4.39 Å². The van der Waals surface area contributed by atoms with Crippen LogP contribution in [0.1, 0.15) is 11.1 Å². The zero-order valence-electron chi connectivity index (χ0n) is 13.3. The first-order chi connectivity index (χ1) is 12.3. The average molecular weight is 334 g/mol. The van der Waals surface area contributed by atoms with Gasteiger partial charge in [-0.1, -0.05) is 30.3 Å². The summed E-state index contributed by atoms with van der Waals surface area (Å²) in [6.45, 7) is 0.699. The van der Waals surface area contributed by atoms with Crippen molar-refractivity contribution in [3.63, 3.8) is 0 Å². The van der Waals surface area contributed by atoms with Crippen molar-refractivity contribution in [2.45, 2.75) is 6.42 Å². The minimum atomic E-state index is -0.341. The van der Waals surface area contributed by atoms with E-state index in [1.807, 2.05) is 18.2 Å². The summed E-state index contributed by atoms with van der Waals surface area (Å²) in [6, 6.07) is 14.5. The summed E-state index contributed by atoms with van der Waals surface area (Å²) in [5.74, 6) is 1.11. The van der Waals surface area contributed by atoms with Gasteiger partial charge in [0.25, 0.3) is 5.88 Å². The van der Waals surface area contributed by atoms with Gasteiger partial charge in [-0.25, -0.2) is 14.4 Å². The maximum atomic E-state index is 13.4. The molecule has 1 aromatic heterocycles. The van der Waals surface area contributed by atoms with Crippen molar-refractivity contribution >= 4 is 17.7 Å². The van der Waals surface area contributed by atoms with Crippen molar-refractivity contribution in [1.82, 2.24) is 9.97 Å². The number of benzene rings is 2. The molecule has 0 aliphatic carbocycles. The third-order valence-corrected chi connectivity index (χ3v) is 3.85. The number of hydrogen-bond acceptors (Lipinski definition) is 5. The zero-order chi connectivity index (χ0) is 17.1. The van der Waals surface area contributed by atoms with Gasteiger partial charge in [0.1, 0.15) is 17.9 Å². The highest BCUT2D eigenvalue weighted by molar-refractivity contribution is 5.89. The highest BCUT2D eigenvalue weighted by Crippen LogP contribution is 2.38. The van der Waals surface area contributed by atoms with Gasteiger partial charge in [-0.3, -0.25) is 0 Å². The number of halogens is 1. The van der Waals surface area contributed by atoms with Crippen LogP contribution in [0.5, 0.6) is 11.6 Å². The van der Waals surface area contributed by atoms with Crippen LogP contribution in [0.2, 0.25) is 0 Å². The molecule has 2 aromatic carbocycles. The van der Waals surface area contributed by atoms with Crippen LogP contribution in [0.4, 0.5) is 15.9 Å². The second-order valence-electron chi connectivity index (χ2n) is 5.58. The van der Waals surface area contributed by atoms with Gasteiger partial charge in [-0.2, -0.15) is 4.98 Å². The van der Waals surface area contributed by atoms with Crippen LogP contribution in [-0.2, 0) is 6.42 Å². The number of ether oxygens (including phenoxy) is 1. The van der Waals surface area contributed by atoms with E-state index in [0.29, 0.717) is 35.2 Å². The summed E-state index contributed by atoms with van der Waals surface area (Å²) < 4.78 is 19.2. The molecular weight excluding hydrogens is 319 g/mol. The molecule has 1 N–H and O–H groups in total. The van der Waals surface area contributed by atoms with E-state index in [0.717, 1.165) is 6.42 Å². The molecule has 6 heteroatoms. The van der Waals surface area contributed by atoms with E-state index in [1.54, 1.807) is 12.3 Å². The molecule has 0 fully saturated rings. The first kappa shape index (κ1) is 15.3. The molecule has 0 bridgehead atoms. The first-order valence-corrected chi connectivity index (χ1v) is 7.94. The van der Waals surface area contributed by atoms with Crippen molar-refractivity contribution in [3.8, 4) is 11.6 Å². The minimum absolute atomic E-state index is 0.341. The predicted octanol–water partition coefficient (Wildman–Crippen LogP) is 4.13. The summed E-state index contributed by atoms with van der Waals surface area (Å²) in [6.07, 6.45) is 3.85. The highest BCUT2D eigenvalue weighted by atomic mass is 19.1. The fourth-order valence-electron chi connectivity index (χ4n) is 2.60. The van der Waals surface area contributed by atoms with Gasteiger partial charge in [-0.05, 0) is 30.2 Å². The molecule has 2 heterocycles. The first-order valence-electron chi connectivity index (χ1n) is 7.94. The van der Waals surface area contributed by atoms with E-state index in [2.05, 4.69) is 32.4 Å². The fraction of sp³-hybridized carbons (Fsp3) is 0.105. The van der Waals surface area contributed by atoms with Crippen molar-refractivity contribution in [3.05, 3.63) is 71.8 Å². The third kappa shape index (κ3) is 3.33. The second kappa shape index (κ2) is 6.68. The Morgan fingerprint density at radius 1 is 1.04 bits per heavy atom. The average Bonchev–Trinajstić information content (AvgIpc) is 2.82. The molecule has 5 nitrogen and oxygen atoms in total. The Morgan fingerprint density at radius 3 is 2.80 bits per heavy atom. The standard InChI is InChI=1S/C19H15FN4O/c20-15-6-7-16-14(10-15)11-22-17-18(23-12-24-19(17)25-16)21-9-8-13-4-2-1-3-5-13/h1-7,10-12H,8-9H2,(H,21,23,24). The molecule has 25 heavy (non-hydrogen) atoms. The summed E-state index contributed by atoms with van der Waals surface area (Å²) in [4.78, 5) is 12.8. The summed E-state index contributed by atoms with van der Waals surface area (Å²) in [7, 11) is 0. The van der Waals surface area contributed by atoms with Gasteiger partial charge in [0.05, 0.1) is 0 Å². The smallest absolute Gasteiger partial charge is 0.250 e. The Hall–Kier alpha value is -3.28. The third-order valence-electron chi connectivity index (χ3n) is 3.85. The molecule has 124 valence electrons. The number of hydrogen-bond donors (Lipinski definition) is 1. The number of rotatable bonds is 4. The molecular formula is C19H15FN4O. The lowest BCUT2D eigenvalue weighted by Gasteiger charge is -2.10. The molecule has 0 radical (unpaired) electrons.